The van der Waals surface area contributed by atoms with Gasteiger partial charge in [0, 0.05) is 16.1 Å². The van der Waals surface area contributed by atoms with Crippen LogP contribution >= 0.6 is 11.6 Å². The molecule has 8 nitrogen and oxygen atoms in total. The molecule has 9 heteroatoms. The van der Waals surface area contributed by atoms with Crippen LogP contribution in [-0.4, -0.2) is 51.8 Å². The lowest BCUT2D eigenvalue weighted by Crippen LogP contribution is -2.37. The molecule has 0 radical (unpaired) electrons. The molecule has 2 N–H and O–H groups in total. The number of aliphatic carboxylic acids is 1. The number of aromatic nitrogens is 3. The number of carboxylic acids is 1. The molecule has 1 saturated heterocycles. The van der Waals surface area contributed by atoms with E-state index in [-0.39, 0.29) is 5.92 Å². The van der Waals surface area contributed by atoms with Crippen LogP contribution in [0.2, 0.25) is 5.02 Å². The normalized spacial score (nSPS) is 18.9. The summed E-state index contributed by atoms with van der Waals surface area (Å²) in [5.41, 5.74) is 3.18. The predicted molar refractivity (Wildman–Crippen MR) is 129 cm³/mol. The van der Waals surface area contributed by atoms with Gasteiger partial charge in [-0.05, 0) is 69.1 Å². The Morgan fingerprint density at radius 3 is 2.59 bits per heavy atom. The zero-order chi connectivity index (χ0) is 23.8. The highest BCUT2D eigenvalue weighted by atomic mass is 35.5. The molecule has 1 unspecified atom stereocenters. The van der Waals surface area contributed by atoms with Gasteiger partial charge in [0.15, 0.2) is 5.82 Å². The third-order valence-electron chi connectivity index (χ3n) is 6.72. The summed E-state index contributed by atoms with van der Waals surface area (Å²) in [6.45, 7) is 3.45. The fraction of sp³-hybridized carbons (Fsp3) is 0.360. The minimum Gasteiger partial charge on any atom is -0.497 e. The molecule has 2 aliphatic rings. The number of halogens is 1. The van der Waals surface area contributed by atoms with E-state index < -0.39 is 17.9 Å². The number of methoxy groups -OCH3 is 1. The fourth-order valence-corrected chi connectivity index (χ4v) is 5.16. The molecule has 2 atom stereocenters. The molecule has 0 bridgehead atoms. The average molecular weight is 480 g/mol. The molecule has 2 aliphatic heterocycles. The number of aryl methyl sites for hydroxylation is 1. The third-order valence-corrected chi connectivity index (χ3v) is 6.97. The monoisotopic (exact) mass is 479 g/mol. The lowest BCUT2D eigenvalue weighted by atomic mass is 9.80. The van der Waals surface area contributed by atoms with Crippen LogP contribution in [-0.2, 0) is 4.79 Å². The zero-order valence-electron chi connectivity index (χ0n) is 19.0. The molecule has 0 spiro atoms. The van der Waals surface area contributed by atoms with Crippen molar-refractivity contribution in [3.63, 3.8) is 0 Å². The number of piperidine rings is 1. The van der Waals surface area contributed by atoms with Crippen molar-refractivity contribution in [2.45, 2.75) is 25.8 Å². The summed E-state index contributed by atoms with van der Waals surface area (Å²) >= 11 is 6.16. The maximum Gasteiger partial charge on any atom is 0.309 e. The number of ether oxygens (including phenoxy) is 1. The Morgan fingerprint density at radius 2 is 1.91 bits per heavy atom. The maximum atomic E-state index is 12.7. The Kier molecular flexibility index (Phi) is 6.10. The van der Waals surface area contributed by atoms with Crippen LogP contribution in [0.5, 0.6) is 5.75 Å². The summed E-state index contributed by atoms with van der Waals surface area (Å²) in [6.07, 6.45) is 1.54. The number of hydrogen-bond donors (Lipinski definition) is 2. The first kappa shape index (κ1) is 22.6. The van der Waals surface area contributed by atoms with Gasteiger partial charge in [-0.25, -0.2) is 0 Å². The summed E-state index contributed by atoms with van der Waals surface area (Å²) in [7, 11) is 1.62. The number of carboxylic acid groups (broad SMARTS) is 1. The van der Waals surface area contributed by atoms with E-state index >= 15 is 0 Å². The first-order valence-electron chi connectivity index (χ1n) is 11.4. The van der Waals surface area contributed by atoms with E-state index in [2.05, 4.69) is 15.5 Å². The van der Waals surface area contributed by atoms with Gasteiger partial charge in [-0.2, -0.15) is 0 Å². The first-order valence-corrected chi connectivity index (χ1v) is 11.7. The Bertz CT molecular complexity index is 1250. The van der Waals surface area contributed by atoms with Crippen LogP contribution in [0.15, 0.2) is 47.5 Å². The zero-order valence-corrected chi connectivity index (χ0v) is 19.8. The summed E-state index contributed by atoms with van der Waals surface area (Å²) in [5.74, 6) is 0.265. The van der Waals surface area contributed by atoms with Gasteiger partial charge in [0.05, 0.1) is 24.4 Å². The van der Waals surface area contributed by atoms with Crippen LogP contribution in [0.4, 0.5) is 0 Å². The molecule has 0 saturated carbocycles. The second kappa shape index (κ2) is 9.19. The molecule has 0 aliphatic carbocycles. The van der Waals surface area contributed by atoms with Gasteiger partial charge in [0.2, 0.25) is 0 Å². The lowest BCUT2D eigenvalue weighted by Gasteiger charge is -2.31. The SMILES string of the molecule is COc1ccc2c(c1)C(c1ccc(Cl)cc1)=NC([C@@H](C(=O)O)C1CCNCC1)c1nnc(C)n1-2. The number of carbonyl (C=O) groups is 1. The smallest absolute Gasteiger partial charge is 0.309 e. The van der Waals surface area contributed by atoms with E-state index in [1.807, 2.05) is 54.0 Å². The molecular formula is C25H26ClN5O3. The Balaban J connectivity index is 1.77. The number of hydrogen-bond acceptors (Lipinski definition) is 6. The molecule has 0 amide bonds. The minimum absolute atomic E-state index is 0.0276. The highest BCUT2D eigenvalue weighted by Gasteiger charge is 2.41. The van der Waals surface area contributed by atoms with Crippen molar-refractivity contribution in [3.05, 3.63) is 70.3 Å². The van der Waals surface area contributed by atoms with E-state index in [4.69, 9.17) is 21.3 Å². The second-order valence-corrected chi connectivity index (χ2v) is 9.14. The maximum absolute atomic E-state index is 12.7. The van der Waals surface area contributed by atoms with Crippen molar-refractivity contribution in [3.8, 4) is 11.4 Å². The average Bonchev–Trinajstić information content (AvgIpc) is 3.16. The second-order valence-electron chi connectivity index (χ2n) is 8.70. The van der Waals surface area contributed by atoms with E-state index in [0.29, 0.717) is 28.1 Å². The standard InChI is InChI=1S/C25H26ClN5O3/c1-14-29-30-24-23(21(25(32)33)15-9-11-27-12-10-15)28-22(16-3-5-17(26)6-4-16)19-13-18(34-2)7-8-20(19)31(14)24/h3-8,13,15,21,23,27H,9-12H2,1-2H3,(H,32,33)/t21-,23?/m0/s1. The summed E-state index contributed by atoms with van der Waals surface area (Å²) in [6, 6.07) is 12.5. The molecule has 2 aromatic carbocycles. The Morgan fingerprint density at radius 1 is 1.18 bits per heavy atom. The number of aliphatic imine (C=N–C) groups is 1. The van der Waals surface area contributed by atoms with Crippen LogP contribution in [0.25, 0.3) is 5.69 Å². The summed E-state index contributed by atoms with van der Waals surface area (Å²) in [4.78, 5) is 17.8. The van der Waals surface area contributed by atoms with Crippen LogP contribution in [0.3, 0.4) is 0 Å². The first-order chi connectivity index (χ1) is 16.5. The number of nitrogens with zero attached hydrogens (tertiary/aromatic N) is 4. The van der Waals surface area contributed by atoms with Crippen molar-refractivity contribution < 1.29 is 14.6 Å². The predicted octanol–water partition coefficient (Wildman–Crippen LogP) is 3.83. The number of rotatable bonds is 5. The third kappa shape index (κ3) is 3.97. The molecule has 176 valence electrons. The van der Waals surface area contributed by atoms with Crippen molar-refractivity contribution in [1.29, 1.82) is 0 Å². The molecular weight excluding hydrogens is 454 g/mol. The largest absolute Gasteiger partial charge is 0.497 e. The van der Waals surface area contributed by atoms with Crippen LogP contribution in [0, 0.1) is 18.8 Å². The molecule has 1 aromatic heterocycles. The molecule has 3 aromatic rings. The van der Waals surface area contributed by atoms with E-state index in [0.717, 1.165) is 42.7 Å². The van der Waals surface area contributed by atoms with E-state index in [9.17, 15) is 9.90 Å². The summed E-state index contributed by atoms with van der Waals surface area (Å²) < 4.78 is 7.45. The Hall–Kier alpha value is -3.23. The molecule has 34 heavy (non-hydrogen) atoms. The van der Waals surface area contributed by atoms with Gasteiger partial charge in [0.25, 0.3) is 0 Å². The highest BCUT2D eigenvalue weighted by molar-refractivity contribution is 6.30. The van der Waals surface area contributed by atoms with Gasteiger partial charge in [-0.15, -0.1) is 10.2 Å². The van der Waals surface area contributed by atoms with E-state index in [1.54, 1.807) is 7.11 Å². The fourth-order valence-electron chi connectivity index (χ4n) is 5.04. The van der Waals surface area contributed by atoms with Crippen molar-refractivity contribution >= 4 is 23.3 Å². The van der Waals surface area contributed by atoms with Crippen molar-refractivity contribution in [1.82, 2.24) is 20.1 Å². The Labute approximate surface area is 202 Å². The van der Waals surface area contributed by atoms with E-state index in [1.165, 1.54) is 0 Å². The number of nitrogens with one attached hydrogen (secondary N) is 1. The number of benzene rings is 2. The van der Waals surface area contributed by atoms with Gasteiger partial charge < -0.3 is 15.2 Å². The van der Waals surface area contributed by atoms with Crippen LogP contribution in [0.1, 0.15) is 41.7 Å². The highest BCUT2D eigenvalue weighted by Crippen LogP contribution is 2.40. The number of fused-ring (bicyclic) bond motifs is 3. The topological polar surface area (TPSA) is 102 Å². The van der Waals surface area contributed by atoms with Crippen molar-refractivity contribution in [2.75, 3.05) is 20.2 Å². The van der Waals surface area contributed by atoms with Gasteiger partial charge in [-0.1, -0.05) is 23.7 Å². The summed E-state index contributed by atoms with van der Waals surface area (Å²) in [5, 5.41) is 23.1. The van der Waals surface area contributed by atoms with Gasteiger partial charge in [-0.3, -0.25) is 14.4 Å². The molecule has 3 heterocycles. The molecule has 5 rings (SSSR count). The van der Waals surface area contributed by atoms with Gasteiger partial charge in [0.1, 0.15) is 17.6 Å². The quantitative estimate of drug-likeness (QED) is 0.576. The van der Waals surface area contributed by atoms with Gasteiger partial charge >= 0.3 is 5.97 Å². The molecule has 1 fully saturated rings. The van der Waals surface area contributed by atoms with Crippen LogP contribution < -0.4 is 10.1 Å². The minimum atomic E-state index is -0.869. The lowest BCUT2D eigenvalue weighted by molar-refractivity contribution is -0.145. The van der Waals surface area contributed by atoms with Crippen molar-refractivity contribution in [2.24, 2.45) is 16.8 Å².